The number of rotatable bonds is 2. The maximum atomic E-state index is 10.9. The first-order valence-electron chi connectivity index (χ1n) is 1.68. The van der Waals surface area contributed by atoms with E-state index in [9.17, 15) is 18.3 Å². The molecule has 0 aromatic rings. The van der Waals surface area contributed by atoms with Crippen LogP contribution in [0.1, 0.15) is 0 Å². The second-order valence-electron chi connectivity index (χ2n) is 1.03. The lowest BCUT2D eigenvalue weighted by atomic mass is 10.4. The average Bonchev–Trinajstić information content (AvgIpc) is 1.65. The van der Waals surface area contributed by atoms with Crippen LogP contribution in [-0.2, 0) is 5.11 Å². The van der Waals surface area contributed by atoms with Crippen LogP contribution >= 0.6 is 0 Å². The Morgan fingerprint density at radius 2 is 1.86 bits per heavy atom. The zero-order chi connectivity index (χ0) is 5.86. The van der Waals surface area contributed by atoms with Crippen LogP contribution in [0.2, 0.25) is 0 Å². The van der Waals surface area contributed by atoms with Crippen molar-refractivity contribution in [1.82, 2.24) is 0 Å². The molecule has 0 saturated heterocycles. The lowest BCUT2D eigenvalue weighted by molar-refractivity contribution is -0.0569. The molecule has 0 aliphatic heterocycles. The largest absolute Gasteiger partial charge is 0.270 e. The van der Waals surface area contributed by atoms with Gasteiger partial charge in [0.15, 0.2) is 6.10 Å². The van der Waals surface area contributed by atoms with E-state index in [2.05, 4.69) is 0 Å². The van der Waals surface area contributed by atoms with Crippen LogP contribution in [-0.4, -0.2) is 19.2 Å². The molecule has 0 amide bonds. The van der Waals surface area contributed by atoms with E-state index in [1.165, 1.54) is 0 Å². The Balaban J connectivity index is 3.14. The van der Waals surface area contributed by atoms with E-state index in [-0.39, 0.29) is 0 Å². The van der Waals surface area contributed by atoms with Gasteiger partial charge in [-0.25, -0.2) is 18.3 Å². The highest BCUT2D eigenvalue weighted by atomic mass is 19.3. The fraction of sp³-hybridized carbons (Fsp3) is 1.00. The SMILES string of the molecule is [O]C(CF)C(F)F. The lowest BCUT2D eigenvalue weighted by Crippen LogP contribution is -2.17. The van der Waals surface area contributed by atoms with Gasteiger partial charge >= 0.3 is 0 Å². The summed E-state index contributed by atoms with van der Waals surface area (Å²) in [5, 5.41) is 9.47. The van der Waals surface area contributed by atoms with Gasteiger partial charge in [-0.15, -0.1) is 0 Å². The van der Waals surface area contributed by atoms with Gasteiger partial charge < -0.3 is 0 Å². The van der Waals surface area contributed by atoms with Gasteiger partial charge in [0.1, 0.15) is 6.67 Å². The second-order valence-corrected chi connectivity index (χ2v) is 1.03. The van der Waals surface area contributed by atoms with Crippen molar-refractivity contribution in [3.63, 3.8) is 0 Å². The number of hydrogen-bond acceptors (Lipinski definition) is 0. The molecule has 0 spiro atoms. The topological polar surface area (TPSA) is 19.9 Å². The van der Waals surface area contributed by atoms with Crippen LogP contribution in [0.5, 0.6) is 0 Å². The summed E-state index contributed by atoms with van der Waals surface area (Å²) in [5.74, 6) is 0. The molecular weight excluding hydrogens is 109 g/mol. The van der Waals surface area contributed by atoms with Crippen LogP contribution in [0, 0.1) is 0 Å². The molecule has 0 saturated carbocycles. The molecule has 1 unspecified atom stereocenters. The Bertz CT molecular complexity index is 47.4. The monoisotopic (exact) mass is 113 g/mol. The van der Waals surface area contributed by atoms with Crippen molar-refractivity contribution in [2.24, 2.45) is 0 Å². The van der Waals surface area contributed by atoms with Crippen LogP contribution in [0.25, 0.3) is 0 Å². The fourth-order valence-corrected chi connectivity index (χ4v) is 0.0673. The zero-order valence-corrected chi connectivity index (χ0v) is 3.40. The number of halogens is 3. The van der Waals surface area contributed by atoms with Gasteiger partial charge in [0.2, 0.25) is 0 Å². The van der Waals surface area contributed by atoms with E-state index < -0.39 is 19.2 Å². The molecule has 0 aromatic heterocycles. The van der Waals surface area contributed by atoms with E-state index in [1.807, 2.05) is 0 Å². The van der Waals surface area contributed by atoms with Crippen LogP contribution in [0.4, 0.5) is 13.2 Å². The normalized spacial score (nSPS) is 15.0. The molecule has 0 aliphatic rings. The predicted octanol–water partition coefficient (Wildman–Crippen LogP) is 1.02. The highest BCUT2D eigenvalue weighted by Gasteiger charge is 2.17. The standard InChI is InChI=1S/C3H4F3O/c4-1-2(7)3(5)6/h2-3H,1H2. The van der Waals surface area contributed by atoms with Crippen molar-refractivity contribution in [1.29, 1.82) is 0 Å². The quantitative estimate of drug-likeness (QED) is 0.509. The van der Waals surface area contributed by atoms with Crippen LogP contribution < -0.4 is 0 Å². The van der Waals surface area contributed by atoms with Crippen molar-refractivity contribution < 1.29 is 18.3 Å². The second kappa shape index (κ2) is 2.85. The summed E-state index contributed by atoms with van der Waals surface area (Å²) in [7, 11) is 0. The van der Waals surface area contributed by atoms with Crippen LogP contribution in [0.15, 0.2) is 0 Å². The van der Waals surface area contributed by atoms with E-state index in [4.69, 9.17) is 0 Å². The maximum Gasteiger partial charge on any atom is 0.270 e. The minimum atomic E-state index is -3.06. The molecule has 43 valence electrons. The molecule has 1 atom stereocenters. The van der Waals surface area contributed by atoms with Gasteiger partial charge in [0.05, 0.1) is 0 Å². The highest BCUT2D eigenvalue weighted by Crippen LogP contribution is 2.00. The van der Waals surface area contributed by atoms with Crippen molar-refractivity contribution in [2.75, 3.05) is 6.67 Å². The van der Waals surface area contributed by atoms with Crippen molar-refractivity contribution in [3.8, 4) is 0 Å². The molecule has 1 nitrogen and oxygen atoms in total. The summed E-state index contributed by atoms with van der Waals surface area (Å²) >= 11 is 0. The van der Waals surface area contributed by atoms with Gasteiger partial charge in [0.25, 0.3) is 6.43 Å². The summed E-state index contributed by atoms with van der Waals surface area (Å²) in [6.07, 6.45) is -5.41. The Morgan fingerprint density at radius 1 is 1.43 bits per heavy atom. The van der Waals surface area contributed by atoms with Gasteiger partial charge in [-0.05, 0) is 0 Å². The van der Waals surface area contributed by atoms with Crippen molar-refractivity contribution in [2.45, 2.75) is 12.5 Å². The van der Waals surface area contributed by atoms with E-state index >= 15 is 0 Å². The predicted molar refractivity (Wildman–Crippen MR) is 16.5 cm³/mol. The summed E-state index contributed by atoms with van der Waals surface area (Å²) in [4.78, 5) is 0. The van der Waals surface area contributed by atoms with E-state index in [0.29, 0.717) is 0 Å². The third-order valence-electron chi connectivity index (χ3n) is 0.433. The maximum absolute atomic E-state index is 10.9. The smallest absolute Gasteiger partial charge is 0.248 e. The molecule has 0 N–H and O–H groups in total. The zero-order valence-electron chi connectivity index (χ0n) is 3.40. The third-order valence-corrected chi connectivity index (χ3v) is 0.433. The Kier molecular flexibility index (Phi) is 2.75. The highest BCUT2D eigenvalue weighted by molar-refractivity contribution is 4.51. The van der Waals surface area contributed by atoms with Crippen molar-refractivity contribution >= 4 is 0 Å². The number of alkyl halides is 3. The summed E-state index contributed by atoms with van der Waals surface area (Å²) in [6, 6.07) is 0. The molecule has 0 heterocycles. The molecule has 7 heavy (non-hydrogen) atoms. The molecule has 0 aliphatic carbocycles. The first kappa shape index (κ1) is 6.75. The summed E-state index contributed by atoms with van der Waals surface area (Å²) in [5.41, 5.74) is 0. The lowest BCUT2D eigenvalue weighted by Gasteiger charge is -1.96. The first-order valence-corrected chi connectivity index (χ1v) is 1.68. The number of hydrogen-bond donors (Lipinski definition) is 0. The van der Waals surface area contributed by atoms with Crippen LogP contribution in [0.3, 0.4) is 0 Å². The molecule has 4 heteroatoms. The Labute approximate surface area is 38.8 Å². The van der Waals surface area contributed by atoms with Gasteiger partial charge in [-0.1, -0.05) is 0 Å². The molecule has 1 radical (unpaired) electrons. The molecular formula is C3H4F3O. The van der Waals surface area contributed by atoms with Gasteiger partial charge in [0, 0.05) is 0 Å². The molecule has 0 fully saturated rings. The van der Waals surface area contributed by atoms with Gasteiger partial charge in [-0.2, -0.15) is 0 Å². The van der Waals surface area contributed by atoms with E-state index in [0.717, 1.165) is 0 Å². The van der Waals surface area contributed by atoms with E-state index in [1.54, 1.807) is 0 Å². The Hall–Kier alpha value is -0.250. The fourth-order valence-electron chi connectivity index (χ4n) is 0.0673. The minimum absolute atomic E-state index is 1.49. The summed E-state index contributed by atoms with van der Waals surface area (Å²) in [6.45, 7) is -1.49. The summed E-state index contributed by atoms with van der Waals surface area (Å²) < 4.78 is 32.6. The molecule has 0 rings (SSSR count). The van der Waals surface area contributed by atoms with Gasteiger partial charge in [-0.3, -0.25) is 0 Å². The Morgan fingerprint density at radius 3 is 1.86 bits per heavy atom. The van der Waals surface area contributed by atoms with Crippen molar-refractivity contribution in [3.05, 3.63) is 0 Å². The molecule has 0 aromatic carbocycles. The molecule has 0 bridgehead atoms. The first-order chi connectivity index (χ1) is 3.18. The average molecular weight is 113 g/mol. The minimum Gasteiger partial charge on any atom is -0.248 e. The third kappa shape index (κ3) is 2.45.